The number of oxazole rings is 1. The van der Waals surface area contributed by atoms with Gasteiger partial charge in [0.2, 0.25) is 11.6 Å². The largest absolute Gasteiger partial charge is 0.497 e. The van der Waals surface area contributed by atoms with Gasteiger partial charge in [-0.1, -0.05) is 12.1 Å². The molecule has 0 aliphatic rings. The molecule has 0 unspecified atom stereocenters. The van der Waals surface area contributed by atoms with Gasteiger partial charge in [0.15, 0.2) is 5.76 Å². The molecule has 1 aromatic carbocycles. The Balaban J connectivity index is 1.75. The Bertz CT molecular complexity index is 783. The van der Waals surface area contributed by atoms with E-state index in [9.17, 15) is 0 Å². The molecule has 0 saturated carbocycles. The van der Waals surface area contributed by atoms with Crippen molar-refractivity contribution < 1.29 is 13.6 Å². The molecule has 110 valence electrons. The SMILES string of the molecule is COc1ccc(CNc2oc(-c3ccco3)nc2C#N)cc1. The van der Waals surface area contributed by atoms with Crippen molar-refractivity contribution in [3.63, 3.8) is 0 Å². The Kier molecular flexibility index (Phi) is 3.79. The molecule has 0 saturated heterocycles. The summed E-state index contributed by atoms with van der Waals surface area (Å²) >= 11 is 0. The van der Waals surface area contributed by atoms with Gasteiger partial charge in [-0.05, 0) is 29.8 Å². The minimum absolute atomic E-state index is 0.194. The summed E-state index contributed by atoms with van der Waals surface area (Å²) in [4.78, 5) is 4.11. The maximum Gasteiger partial charge on any atom is 0.266 e. The van der Waals surface area contributed by atoms with Gasteiger partial charge in [-0.15, -0.1) is 0 Å². The number of rotatable bonds is 5. The zero-order valence-corrected chi connectivity index (χ0v) is 11.9. The van der Waals surface area contributed by atoms with E-state index in [0.29, 0.717) is 18.2 Å². The van der Waals surface area contributed by atoms with Crippen LogP contribution in [0.1, 0.15) is 11.3 Å². The van der Waals surface area contributed by atoms with E-state index in [-0.39, 0.29) is 11.6 Å². The molecule has 22 heavy (non-hydrogen) atoms. The van der Waals surface area contributed by atoms with Crippen LogP contribution in [0.15, 0.2) is 51.5 Å². The lowest BCUT2D eigenvalue weighted by molar-refractivity contribution is 0.414. The van der Waals surface area contributed by atoms with Crippen LogP contribution in [-0.4, -0.2) is 12.1 Å². The summed E-state index contributed by atoms with van der Waals surface area (Å²) in [6.07, 6.45) is 1.52. The van der Waals surface area contributed by atoms with Crippen LogP contribution in [0.5, 0.6) is 5.75 Å². The number of nitrogens with one attached hydrogen (secondary N) is 1. The van der Waals surface area contributed by atoms with Crippen molar-refractivity contribution in [1.82, 2.24) is 4.98 Å². The average Bonchev–Trinajstić information content (AvgIpc) is 3.22. The van der Waals surface area contributed by atoms with Crippen molar-refractivity contribution >= 4 is 5.88 Å². The summed E-state index contributed by atoms with van der Waals surface area (Å²) in [7, 11) is 1.62. The molecule has 0 atom stereocenters. The summed E-state index contributed by atoms with van der Waals surface area (Å²) in [5, 5.41) is 12.2. The third-order valence-electron chi connectivity index (χ3n) is 3.08. The van der Waals surface area contributed by atoms with Crippen molar-refractivity contribution in [3.8, 4) is 23.5 Å². The second-order valence-electron chi connectivity index (χ2n) is 4.49. The molecular formula is C16H13N3O3. The molecule has 3 rings (SSSR count). The number of anilines is 1. The lowest BCUT2D eigenvalue weighted by Gasteiger charge is -2.04. The van der Waals surface area contributed by atoms with Gasteiger partial charge in [-0.2, -0.15) is 10.2 Å². The highest BCUT2D eigenvalue weighted by atomic mass is 16.5. The Labute approximate surface area is 127 Å². The van der Waals surface area contributed by atoms with Crippen LogP contribution in [-0.2, 0) is 6.54 Å². The van der Waals surface area contributed by atoms with E-state index in [1.54, 1.807) is 19.2 Å². The highest BCUT2D eigenvalue weighted by Gasteiger charge is 2.15. The van der Waals surface area contributed by atoms with Gasteiger partial charge in [0, 0.05) is 6.54 Å². The van der Waals surface area contributed by atoms with Gasteiger partial charge >= 0.3 is 0 Å². The molecule has 6 nitrogen and oxygen atoms in total. The molecule has 1 N–H and O–H groups in total. The van der Waals surface area contributed by atoms with E-state index in [2.05, 4.69) is 10.3 Å². The zero-order valence-electron chi connectivity index (χ0n) is 11.9. The Morgan fingerprint density at radius 2 is 2.09 bits per heavy atom. The zero-order chi connectivity index (χ0) is 15.4. The van der Waals surface area contributed by atoms with Gasteiger partial charge in [0.1, 0.15) is 11.8 Å². The van der Waals surface area contributed by atoms with Gasteiger partial charge in [0.25, 0.3) is 5.89 Å². The van der Waals surface area contributed by atoms with Crippen LogP contribution in [0.3, 0.4) is 0 Å². The minimum atomic E-state index is 0.194. The smallest absolute Gasteiger partial charge is 0.266 e. The third kappa shape index (κ3) is 2.79. The van der Waals surface area contributed by atoms with Crippen molar-refractivity contribution in [2.24, 2.45) is 0 Å². The Morgan fingerprint density at radius 3 is 2.73 bits per heavy atom. The van der Waals surface area contributed by atoms with E-state index in [1.807, 2.05) is 30.3 Å². The number of methoxy groups -OCH3 is 1. The predicted molar refractivity (Wildman–Crippen MR) is 79.2 cm³/mol. The maximum absolute atomic E-state index is 9.14. The molecule has 2 aromatic heterocycles. The topological polar surface area (TPSA) is 84.2 Å². The second kappa shape index (κ2) is 6.06. The predicted octanol–water partition coefficient (Wildman–Crippen LogP) is 3.43. The lowest BCUT2D eigenvalue weighted by atomic mass is 10.2. The van der Waals surface area contributed by atoms with E-state index in [1.165, 1.54) is 6.26 Å². The number of hydrogen-bond acceptors (Lipinski definition) is 6. The van der Waals surface area contributed by atoms with E-state index < -0.39 is 0 Å². The number of benzene rings is 1. The first-order valence-electron chi connectivity index (χ1n) is 6.62. The minimum Gasteiger partial charge on any atom is -0.497 e. The van der Waals surface area contributed by atoms with Gasteiger partial charge in [0.05, 0.1) is 13.4 Å². The van der Waals surface area contributed by atoms with Gasteiger partial charge in [-0.25, -0.2) is 0 Å². The van der Waals surface area contributed by atoms with Crippen LogP contribution in [0, 0.1) is 11.3 Å². The van der Waals surface area contributed by atoms with Crippen LogP contribution < -0.4 is 10.1 Å². The van der Waals surface area contributed by atoms with Gasteiger partial charge < -0.3 is 18.9 Å². The molecule has 2 heterocycles. The van der Waals surface area contributed by atoms with E-state index >= 15 is 0 Å². The summed E-state index contributed by atoms with van der Waals surface area (Å²) < 4.78 is 15.9. The standard InChI is InChI=1S/C16H13N3O3/c1-20-12-6-4-11(5-7-12)10-18-15-13(9-17)19-16(22-15)14-3-2-8-21-14/h2-8,18H,10H2,1H3. The summed E-state index contributed by atoms with van der Waals surface area (Å²) in [6.45, 7) is 0.505. The fourth-order valence-electron chi connectivity index (χ4n) is 1.95. The fourth-order valence-corrected chi connectivity index (χ4v) is 1.95. The molecule has 0 spiro atoms. The molecule has 0 fully saturated rings. The number of hydrogen-bond donors (Lipinski definition) is 1. The molecule has 0 bridgehead atoms. The van der Waals surface area contributed by atoms with Crippen LogP contribution in [0.25, 0.3) is 11.7 Å². The molecule has 0 radical (unpaired) electrons. The van der Waals surface area contributed by atoms with Crippen LogP contribution in [0.4, 0.5) is 5.88 Å². The summed E-state index contributed by atoms with van der Waals surface area (Å²) in [5.74, 6) is 1.87. The molecule has 6 heteroatoms. The molecular weight excluding hydrogens is 282 g/mol. The lowest BCUT2D eigenvalue weighted by Crippen LogP contribution is -1.99. The number of ether oxygens (including phenoxy) is 1. The molecule has 0 aliphatic heterocycles. The molecule has 0 aliphatic carbocycles. The van der Waals surface area contributed by atoms with E-state index in [0.717, 1.165) is 11.3 Å². The molecule has 0 amide bonds. The number of nitriles is 1. The molecule has 3 aromatic rings. The highest BCUT2D eigenvalue weighted by Crippen LogP contribution is 2.26. The first-order chi connectivity index (χ1) is 10.8. The monoisotopic (exact) mass is 295 g/mol. The van der Waals surface area contributed by atoms with Crippen LogP contribution in [0.2, 0.25) is 0 Å². The quantitative estimate of drug-likeness (QED) is 0.776. The Morgan fingerprint density at radius 1 is 1.27 bits per heavy atom. The fraction of sp³-hybridized carbons (Fsp3) is 0.125. The van der Waals surface area contributed by atoms with Gasteiger partial charge in [-0.3, -0.25) is 0 Å². The summed E-state index contributed by atoms with van der Waals surface area (Å²) in [5.41, 5.74) is 1.22. The normalized spacial score (nSPS) is 10.2. The van der Waals surface area contributed by atoms with Crippen molar-refractivity contribution in [1.29, 1.82) is 5.26 Å². The van der Waals surface area contributed by atoms with Crippen molar-refractivity contribution in [3.05, 3.63) is 53.9 Å². The summed E-state index contributed by atoms with van der Waals surface area (Å²) in [6, 6.07) is 13.1. The van der Waals surface area contributed by atoms with Crippen LogP contribution >= 0.6 is 0 Å². The highest BCUT2D eigenvalue weighted by molar-refractivity contribution is 5.54. The number of nitrogens with zero attached hydrogens (tertiary/aromatic N) is 2. The van der Waals surface area contributed by atoms with Crippen molar-refractivity contribution in [2.75, 3.05) is 12.4 Å². The first kappa shape index (κ1) is 13.8. The second-order valence-corrected chi connectivity index (χ2v) is 4.49. The maximum atomic E-state index is 9.14. The average molecular weight is 295 g/mol. The Hall–Kier alpha value is -3.20. The number of furan rings is 1. The third-order valence-corrected chi connectivity index (χ3v) is 3.08. The first-order valence-corrected chi connectivity index (χ1v) is 6.62. The van der Waals surface area contributed by atoms with Crippen molar-refractivity contribution in [2.45, 2.75) is 6.54 Å². The van der Waals surface area contributed by atoms with E-state index in [4.69, 9.17) is 18.8 Å². The number of aromatic nitrogens is 1.